The number of halogens is 2. The molecular weight excluding hydrogens is 556 g/mol. The SMILES string of the molecule is CCS(=O)(=O)Oc1cc2c(cc1O)CCNC2(Cc1cc(Br)c(OC)c(Br)c1)C(N)=O. The summed E-state index contributed by atoms with van der Waals surface area (Å²) < 4.78 is 35.7. The molecule has 2 aromatic carbocycles. The van der Waals surface area contributed by atoms with E-state index in [9.17, 15) is 18.3 Å². The van der Waals surface area contributed by atoms with Crippen molar-refractivity contribution in [2.75, 3.05) is 19.4 Å². The zero-order valence-electron chi connectivity index (χ0n) is 16.9. The Morgan fingerprint density at radius 1 is 1.26 bits per heavy atom. The summed E-state index contributed by atoms with van der Waals surface area (Å²) in [6.07, 6.45) is 0.704. The Morgan fingerprint density at radius 2 is 1.90 bits per heavy atom. The average molecular weight is 578 g/mol. The second-order valence-corrected chi connectivity index (χ2v) is 10.7. The smallest absolute Gasteiger partial charge is 0.309 e. The maximum atomic E-state index is 12.8. The number of nitrogens with two attached hydrogens (primary N) is 1. The van der Waals surface area contributed by atoms with Crippen molar-refractivity contribution in [3.8, 4) is 17.2 Å². The van der Waals surface area contributed by atoms with E-state index >= 15 is 0 Å². The van der Waals surface area contributed by atoms with Crippen molar-refractivity contribution < 1.29 is 27.2 Å². The molecule has 0 fully saturated rings. The first-order valence-corrected chi connectivity index (χ1v) is 12.5. The van der Waals surface area contributed by atoms with Crippen LogP contribution in [0, 0.1) is 0 Å². The molecule has 1 amide bonds. The summed E-state index contributed by atoms with van der Waals surface area (Å²) >= 11 is 6.92. The number of benzene rings is 2. The predicted molar refractivity (Wildman–Crippen MR) is 123 cm³/mol. The van der Waals surface area contributed by atoms with Crippen LogP contribution in [0.1, 0.15) is 23.6 Å². The summed E-state index contributed by atoms with van der Waals surface area (Å²) in [5, 5.41) is 13.5. The summed E-state index contributed by atoms with van der Waals surface area (Å²) in [6.45, 7) is 1.88. The van der Waals surface area contributed by atoms with Crippen LogP contribution in [0.5, 0.6) is 17.2 Å². The van der Waals surface area contributed by atoms with Gasteiger partial charge in [-0.1, -0.05) is 0 Å². The Labute approximate surface area is 197 Å². The lowest BCUT2D eigenvalue weighted by Crippen LogP contribution is -2.57. The summed E-state index contributed by atoms with van der Waals surface area (Å²) in [5.41, 5.74) is 6.46. The Balaban J connectivity index is 2.14. The molecule has 1 aliphatic rings. The zero-order chi connectivity index (χ0) is 23.0. The minimum Gasteiger partial charge on any atom is -0.504 e. The monoisotopic (exact) mass is 576 g/mol. The number of ether oxygens (including phenoxy) is 1. The first-order valence-electron chi connectivity index (χ1n) is 9.38. The maximum absolute atomic E-state index is 12.8. The highest BCUT2D eigenvalue weighted by Crippen LogP contribution is 2.41. The molecule has 1 heterocycles. The Hall–Kier alpha value is -1.82. The molecule has 8 nitrogen and oxygen atoms in total. The van der Waals surface area contributed by atoms with Gasteiger partial charge < -0.3 is 19.8 Å². The van der Waals surface area contributed by atoms with Crippen LogP contribution in [0.2, 0.25) is 0 Å². The van der Waals surface area contributed by atoms with Crippen molar-refractivity contribution in [3.05, 3.63) is 49.9 Å². The minimum atomic E-state index is -3.88. The topological polar surface area (TPSA) is 128 Å². The molecule has 31 heavy (non-hydrogen) atoms. The fraction of sp³-hybridized carbons (Fsp3) is 0.350. The normalized spacial score (nSPS) is 18.3. The molecule has 0 saturated carbocycles. The number of aromatic hydroxyl groups is 1. The van der Waals surface area contributed by atoms with E-state index in [1.165, 1.54) is 19.1 Å². The van der Waals surface area contributed by atoms with Crippen molar-refractivity contribution in [2.24, 2.45) is 5.73 Å². The molecule has 0 radical (unpaired) electrons. The minimum absolute atomic E-state index is 0.182. The van der Waals surface area contributed by atoms with Gasteiger partial charge in [-0.15, -0.1) is 0 Å². The highest BCUT2D eigenvalue weighted by atomic mass is 79.9. The lowest BCUT2D eigenvalue weighted by atomic mass is 9.77. The Bertz CT molecular complexity index is 1120. The van der Waals surface area contributed by atoms with Crippen LogP contribution in [0.15, 0.2) is 33.2 Å². The van der Waals surface area contributed by atoms with E-state index in [-0.39, 0.29) is 23.7 Å². The number of phenols is 1. The average Bonchev–Trinajstić information content (AvgIpc) is 2.68. The van der Waals surface area contributed by atoms with Gasteiger partial charge in [-0.2, -0.15) is 8.42 Å². The van der Waals surface area contributed by atoms with Gasteiger partial charge in [0.05, 0.1) is 21.8 Å². The van der Waals surface area contributed by atoms with Crippen LogP contribution >= 0.6 is 31.9 Å². The quantitative estimate of drug-likeness (QED) is 0.432. The molecule has 3 rings (SSSR count). The third kappa shape index (κ3) is 4.69. The first-order chi connectivity index (χ1) is 14.5. The molecular formula is C20H22Br2N2O6S. The van der Waals surface area contributed by atoms with Crippen LogP contribution in [0.25, 0.3) is 0 Å². The van der Waals surface area contributed by atoms with E-state index in [1.54, 1.807) is 7.11 Å². The number of nitrogens with one attached hydrogen (secondary N) is 1. The van der Waals surface area contributed by atoms with Crippen LogP contribution in [0.4, 0.5) is 0 Å². The zero-order valence-corrected chi connectivity index (χ0v) is 20.9. The highest BCUT2D eigenvalue weighted by molar-refractivity contribution is 9.11. The highest BCUT2D eigenvalue weighted by Gasteiger charge is 2.43. The molecule has 0 aliphatic carbocycles. The van der Waals surface area contributed by atoms with Gasteiger partial charge in [-0.3, -0.25) is 10.1 Å². The molecule has 2 aromatic rings. The van der Waals surface area contributed by atoms with Gasteiger partial charge in [0.2, 0.25) is 5.91 Å². The maximum Gasteiger partial charge on any atom is 0.309 e. The van der Waals surface area contributed by atoms with E-state index in [4.69, 9.17) is 14.7 Å². The summed E-state index contributed by atoms with van der Waals surface area (Å²) in [6, 6.07) is 6.45. The van der Waals surface area contributed by atoms with Gasteiger partial charge >= 0.3 is 10.1 Å². The second-order valence-electron chi connectivity index (χ2n) is 7.12. The van der Waals surface area contributed by atoms with Crippen molar-refractivity contribution in [2.45, 2.75) is 25.3 Å². The number of phenolic OH excluding ortho intramolecular Hbond substituents is 1. The summed E-state index contributed by atoms with van der Waals surface area (Å²) in [4.78, 5) is 12.8. The number of carbonyl (C=O) groups excluding carboxylic acids is 1. The predicted octanol–water partition coefficient (Wildman–Crippen LogP) is 2.72. The van der Waals surface area contributed by atoms with Crippen LogP contribution in [0.3, 0.4) is 0 Å². The third-order valence-corrected chi connectivity index (χ3v) is 7.51. The fourth-order valence-corrected chi connectivity index (χ4v) is 5.79. The van der Waals surface area contributed by atoms with Crippen LogP contribution in [-0.2, 0) is 33.3 Å². The third-order valence-electron chi connectivity index (χ3n) is 5.19. The molecule has 4 N–H and O–H groups in total. The van der Waals surface area contributed by atoms with Crippen LogP contribution in [-0.4, -0.2) is 38.8 Å². The first kappa shape index (κ1) is 23.8. The Morgan fingerprint density at radius 3 is 2.45 bits per heavy atom. The van der Waals surface area contributed by atoms with Crippen molar-refractivity contribution in [1.29, 1.82) is 0 Å². The fourth-order valence-electron chi connectivity index (χ4n) is 3.66. The molecule has 0 bridgehead atoms. The molecule has 1 aliphatic heterocycles. The van der Waals surface area contributed by atoms with Crippen molar-refractivity contribution in [3.63, 3.8) is 0 Å². The number of rotatable bonds is 7. The standard InChI is InChI=1S/C20H22Br2N2O6S/c1-3-31(27,28)30-17-9-13-12(8-16(17)25)4-5-24-20(13,19(23)26)10-11-6-14(21)18(29-2)15(22)7-11/h6-9,24-25H,3-5,10H2,1-2H3,(H2,23,26). The van der Waals surface area contributed by atoms with Crippen molar-refractivity contribution in [1.82, 2.24) is 5.32 Å². The van der Waals surface area contributed by atoms with E-state index in [0.717, 1.165) is 5.56 Å². The molecule has 0 saturated heterocycles. The molecule has 0 aromatic heterocycles. The van der Waals surface area contributed by atoms with Crippen LogP contribution < -0.4 is 20.0 Å². The number of carbonyl (C=O) groups is 1. The van der Waals surface area contributed by atoms with E-state index in [1.807, 2.05) is 12.1 Å². The number of amides is 1. The van der Waals surface area contributed by atoms with Crippen molar-refractivity contribution >= 4 is 47.9 Å². The lowest BCUT2D eigenvalue weighted by Gasteiger charge is -2.38. The van der Waals surface area contributed by atoms with E-state index < -0.39 is 21.6 Å². The molecule has 1 atom stereocenters. The lowest BCUT2D eigenvalue weighted by molar-refractivity contribution is -0.125. The second kappa shape index (κ2) is 8.97. The molecule has 1 unspecified atom stereocenters. The molecule has 168 valence electrons. The summed E-state index contributed by atoms with van der Waals surface area (Å²) in [7, 11) is -2.33. The molecule has 0 spiro atoms. The van der Waals surface area contributed by atoms with Gasteiger partial charge in [0.1, 0.15) is 11.3 Å². The summed E-state index contributed by atoms with van der Waals surface area (Å²) in [5.74, 6) is -0.847. The number of hydrogen-bond donors (Lipinski definition) is 3. The largest absolute Gasteiger partial charge is 0.504 e. The number of methoxy groups -OCH3 is 1. The van der Waals surface area contributed by atoms with Gasteiger partial charge in [0.25, 0.3) is 0 Å². The van der Waals surface area contributed by atoms with E-state index in [2.05, 4.69) is 37.2 Å². The van der Waals surface area contributed by atoms with E-state index in [0.29, 0.717) is 38.8 Å². The molecule has 11 heteroatoms. The Kier molecular flexibility index (Phi) is 6.90. The number of hydrogen-bond acceptors (Lipinski definition) is 7. The number of primary amides is 1. The van der Waals surface area contributed by atoms with Gasteiger partial charge in [-0.25, -0.2) is 0 Å². The number of fused-ring (bicyclic) bond motifs is 1. The van der Waals surface area contributed by atoms with Gasteiger partial charge in [0, 0.05) is 13.0 Å². The van der Waals surface area contributed by atoms with Gasteiger partial charge in [0.15, 0.2) is 11.5 Å². The van der Waals surface area contributed by atoms with Gasteiger partial charge in [-0.05, 0) is 86.2 Å².